The molecule has 0 radical (unpaired) electrons. The highest BCUT2D eigenvalue weighted by Gasteiger charge is 2.69. The fourth-order valence-corrected chi connectivity index (χ4v) is 6.22. The first kappa shape index (κ1) is 28.1. The van der Waals surface area contributed by atoms with Crippen molar-refractivity contribution in [1.82, 2.24) is 0 Å². The van der Waals surface area contributed by atoms with Gasteiger partial charge in [0.25, 0.3) is 0 Å². The molecule has 2 rings (SSSR count). The molecule has 2 N–H and O–H groups in total. The van der Waals surface area contributed by atoms with E-state index in [2.05, 4.69) is 13.8 Å². The Kier molecular flexibility index (Phi) is 12.2. The van der Waals surface area contributed by atoms with Crippen LogP contribution in [0.1, 0.15) is 142 Å². The summed E-state index contributed by atoms with van der Waals surface area (Å²) in [6.45, 7) is 4.43. The zero-order valence-electron chi connectivity index (χ0n) is 21.4. The van der Waals surface area contributed by atoms with Crippen molar-refractivity contribution in [3.63, 3.8) is 0 Å². The molecule has 5 heteroatoms. The Balaban J connectivity index is 1.94. The molecule has 5 nitrogen and oxygen atoms in total. The molecule has 4 atom stereocenters. The van der Waals surface area contributed by atoms with Crippen molar-refractivity contribution in [2.24, 2.45) is 10.8 Å². The van der Waals surface area contributed by atoms with E-state index in [1.165, 1.54) is 64.2 Å². The number of carbonyl (C=O) groups is 2. The van der Waals surface area contributed by atoms with Gasteiger partial charge in [0.05, 0.1) is 23.0 Å². The molecule has 0 amide bonds. The fourth-order valence-electron chi connectivity index (χ4n) is 6.22. The Bertz CT molecular complexity index is 541. The van der Waals surface area contributed by atoms with Gasteiger partial charge in [-0.05, 0) is 25.7 Å². The van der Waals surface area contributed by atoms with E-state index in [1.807, 2.05) is 0 Å². The minimum Gasteiger partial charge on any atom is -0.481 e. The number of carboxylic acids is 2. The van der Waals surface area contributed by atoms with Crippen LogP contribution in [0, 0.1) is 10.8 Å². The van der Waals surface area contributed by atoms with Gasteiger partial charge in [-0.1, -0.05) is 117 Å². The van der Waals surface area contributed by atoms with Crippen molar-refractivity contribution in [1.29, 1.82) is 0 Å². The smallest absolute Gasteiger partial charge is 0.310 e. The topological polar surface area (TPSA) is 87.1 Å². The summed E-state index contributed by atoms with van der Waals surface area (Å²) in [5.41, 5.74) is -2.39. The minimum atomic E-state index is -1.19. The fraction of sp³-hybridized carbons (Fsp3) is 0.929. The molecule has 0 aromatic rings. The molecule has 1 saturated heterocycles. The van der Waals surface area contributed by atoms with Crippen LogP contribution in [-0.4, -0.2) is 34.4 Å². The summed E-state index contributed by atoms with van der Waals surface area (Å²) in [4.78, 5) is 25.4. The van der Waals surface area contributed by atoms with Crippen molar-refractivity contribution in [2.45, 2.75) is 154 Å². The zero-order chi connectivity index (χ0) is 24.2. The van der Waals surface area contributed by atoms with E-state index >= 15 is 0 Å². The number of hydrogen-bond acceptors (Lipinski definition) is 3. The second kappa shape index (κ2) is 14.3. The lowest BCUT2D eigenvalue weighted by atomic mass is 9.52. The normalized spacial score (nSPS) is 28.4. The quantitative estimate of drug-likeness (QED) is 0.141. The molecule has 0 bridgehead atoms. The number of rotatable bonds is 20. The highest BCUT2D eigenvalue weighted by atomic mass is 16.6. The summed E-state index contributed by atoms with van der Waals surface area (Å²) in [6, 6.07) is 0. The average molecular weight is 467 g/mol. The molecule has 2 aliphatic rings. The van der Waals surface area contributed by atoms with Crippen LogP contribution in [0.25, 0.3) is 0 Å². The van der Waals surface area contributed by atoms with Crippen LogP contribution in [-0.2, 0) is 14.3 Å². The molecule has 1 aliphatic heterocycles. The Morgan fingerprint density at radius 1 is 0.606 bits per heavy atom. The lowest BCUT2D eigenvalue weighted by molar-refractivity contribution is -0.181. The van der Waals surface area contributed by atoms with Gasteiger partial charge in [-0.2, -0.15) is 0 Å². The monoisotopic (exact) mass is 466 g/mol. The van der Waals surface area contributed by atoms with E-state index in [9.17, 15) is 19.8 Å². The third-order valence-electron chi connectivity index (χ3n) is 8.44. The molecule has 1 saturated carbocycles. The first-order chi connectivity index (χ1) is 15.9. The molecule has 192 valence electrons. The van der Waals surface area contributed by atoms with Gasteiger partial charge in [0.15, 0.2) is 0 Å². The Morgan fingerprint density at radius 3 is 1.21 bits per heavy atom. The molecule has 0 aromatic heterocycles. The third kappa shape index (κ3) is 7.70. The van der Waals surface area contributed by atoms with Gasteiger partial charge in [-0.3, -0.25) is 9.59 Å². The van der Waals surface area contributed by atoms with Crippen molar-refractivity contribution in [3.8, 4) is 0 Å². The molecular weight excluding hydrogens is 416 g/mol. The summed E-state index contributed by atoms with van der Waals surface area (Å²) in [5, 5.41) is 20.8. The third-order valence-corrected chi connectivity index (χ3v) is 8.44. The van der Waals surface area contributed by atoms with Gasteiger partial charge in [0.2, 0.25) is 0 Å². The Labute approximate surface area is 202 Å². The van der Waals surface area contributed by atoms with Crippen molar-refractivity contribution >= 4 is 11.9 Å². The number of aliphatic carboxylic acids is 2. The lowest BCUT2D eigenvalue weighted by Crippen LogP contribution is -2.56. The van der Waals surface area contributed by atoms with E-state index in [0.717, 1.165) is 38.5 Å². The van der Waals surface area contributed by atoms with Gasteiger partial charge < -0.3 is 14.9 Å². The summed E-state index contributed by atoms with van der Waals surface area (Å²) >= 11 is 0. The predicted molar refractivity (Wildman–Crippen MR) is 132 cm³/mol. The van der Waals surface area contributed by atoms with Gasteiger partial charge in [-0.25, -0.2) is 0 Å². The average Bonchev–Trinajstić information content (AvgIpc) is 3.54. The van der Waals surface area contributed by atoms with E-state index in [4.69, 9.17) is 4.74 Å². The number of fused-ring (bicyclic) bond motifs is 1. The number of epoxide rings is 1. The van der Waals surface area contributed by atoms with Gasteiger partial charge in [-0.15, -0.1) is 0 Å². The first-order valence-electron chi connectivity index (χ1n) is 14.1. The molecule has 33 heavy (non-hydrogen) atoms. The van der Waals surface area contributed by atoms with Crippen molar-refractivity contribution < 1.29 is 24.5 Å². The number of ether oxygens (including phenoxy) is 1. The SMILES string of the molecule is CCCCCCCCCCC1(C(=O)O)CC2OC2CC1(CCCCCCCCCC)C(=O)O. The summed E-state index contributed by atoms with van der Waals surface area (Å²) in [7, 11) is 0. The number of unbranched alkanes of at least 4 members (excludes halogenated alkanes) is 14. The maximum absolute atomic E-state index is 12.7. The van der Waals surface area contributed by atoms with Gasteiger partial charge >= 0.3 is 11.9 Å². The van der Waals surface area contributed by atoms with Crippen LogP contribution < -0.4 is 0 Å². The predicted octanol–water partition coefficient (Wildman–Crippen LogP) is 7.75. The summed E-state index contributed by atoms with van der Waals surface area (Å²) < 4.78 is 5.73. The molecule has 0 aromatic carbocycles. The molecule has 1 aliphatic carbocycles. The highest BCUT2D eigenvalue weighted by molar-refractivity contribution is 5.87. The molecule has 4 unspecified atom stereocenters. The largest absolute Gasteiger partial charge is 0.481 e. The van der Waals surface area contributed by atoms with Crippen LogP contribution in [0.5, 0.6) is 0 Å². The highest BCUT2D eigenvalue weighted by Crippen LogP contribution is 2.61. The second-order valence-corrected chi connectivity index (χ2v) is 10.8. The Hall–Kier alpha value is -1.10. The van der Waals surface area contributed by atoms with E-state index in [-0.39, 0.29) is 12.2 Å². The first-order valence-corrected chi connectivity index (χ1v) is 14.1. The van der Waals surface area contributed by atoms with E-state index < -0.39 is 22.8 Å². The number of carboxylic acid groups (broad SMARTS) is 2. The van der Waals surface area contributed by atoms with Crippen LogP contribution >= 0.6 is 0 Å². The van der Waals surface area contributed by atoms with Crippen LogP contribution in [0.3, 0.4) is 0 Å². The van der Waals surface area contributed by atoms with E-state index in [1.54, 1.807) is 0 Å². The standard InChI is InChI=1S/C28H50O5/c1-3-5-7-9-11-13-15-17-19-27(25(29)30)21-23-24(33-23)22-28(27,26(31)32)20-18-16-14-12-10-8-6-4-2/h23-24H,3-22H2,1-2H3,(H,29,30)(H,31,32). The Morgan fingerprint density at radius 2 is 0.909 bits per heavy atom. The molecule has 1 heterocycles. The number of hydrogen-bond donors (Lipinski definition) is 2. The van der Waals surface area contributed by atoms with Crippen molar-refractivity contribution in [3.05, 3.63) is 0 Å². The molecule has 0 spiro atoms. The van der Waals surface area contributed by atoms with Crippen LogP contribution in [0.4, 0.5) is 0 Å². The van der Waals surface area contributed by atoms with Crippen LogP contribution in [0.15, 0.2) is 0 Å². The lowest BCUT2D eigenvalue weighted by Gasteiger charge is -2.47. The van der Waals surface area contributed by atoms with Crippen molar-refractivity contribution in [2.75, 3.05) is 0 Å². The molecule has 2 fully saturated rings. The summed E-state index contributed by atoms with van der Waals surface area (Å²) in [6.07, 6.45) is 19.8. The maximum atomic E-state index is 12.7. The van der Waals surface area contributed by atoms with Gasteiger partial charge in [0, 0.05) is 0 Å². The maximum Gasteiger partial charge on any atom is 0.310 e. The van der Waals surface area contributed by atoms with Gasteiger partial charge in [0.1, 0.15) is 0 Å². The zero-order valence-corrected chi connectivity index (χ0v) is 21.4. The van der Waals surface area contributed by atoms with Crippen LogP contribution in [0.2, 0.25) is 0 Å². The second-order valence-electron chi connectivity index (χ2n) is 10.8. The molecular formula is C28H50O5. The minimum absolute atomic E-state index is 0.0545. The summed E-state index contributed by atoms with van der Waals surface area (Å²) in [5.74, 6) is -1.83. The van der Waals surface area contributed by atoms with E-state index in [0.29, 0.717) is 25.7 Å².